The van der Waals surface area contributed by atoms with Gasteiger partial charge in [-0.15, -0.1) is 0 Å². The van der Waals surface area contributed by atoms with Crippen molar-refractivity contribution < 1.29 is 22.7 Å². The predicted molar refractivity (Wildman–Crippen MR) is 146 cm³/mol. The van der Waals surface area contributed by atoms with Gasteiger partial charge in [-0.25, -0.2) is 27.5 Å². The zero-order chi connectivity index (χ0) is 26.6. The highest BCUT2D eigenvalue weighted by Gasteiger charge is 2.15. The molecule has 0 fully saturated rings. The number of benzene rings is 2. The maximum Gasteiger partial charge on any atom is 0.304 e. The van der Waals surface area contributed by atoms with E-state index in [9.17, 15) is 17.6 Å². The molecular weight excluding hydrogens is 583 g/mol. The number of rotatable bonds is 11. The summed E-state index contributed by atoms with van der Waals surface area (Å²) in [4.78, 5) is 19.1. The van der Waals surface area contributed by atoms with Crippen LogP contribution in [0.4, 0.5) is 21.6 Å². The first-order chi connectivity index (χ1) is 17.6. The topological polar surface area (TPSA) is 139 Å². The van der Waals surface area contributed by atoms with Gasteiger partial charge in [-0.3, -0.25) is 9.52 Å². The molecule has 3 N–H and O–H groups in total. The number of anilines is 3. The Balaban J connectivity index is 1.46. The Morgan fingerprint density at radius 2 is 2.00 bits per heavy atom. The standard InChI is InChI=1S/C21H18ClFN6O4S4/c22-15-10-12(1-3-16(15)23)26-19-14-9-13(2-4-17(14)24-11-25-19)28-37(32,33)8-6-29-21(34)36-20(27-29)35-7-5-18(30)31/h1-4,9-11,28H,5-8H2,(H,30,31)(H,24,25,26). The number of carbonyl (C=O) groups is 1. The highest BCUT2D eigenvalue weighted by Crippen LogP contribution is 2.28. The Morgan fingerprint density at radius 3 is 2.76 bits per heavy atom. The first-order valence-electron chi connectivity index (χ1n) is 10.5. The largest absolute Gasteiger partial charge is 0.481 e. The SMILES string of the molecule is O=C(O)CCSc1nn(CCS(=O)(=O)Nc2ccc3ncnc(Nc4ccc(F)c(Cl)c4)c3c2)c(=S)s1. The Labute approximate surface area is 229 Å². The van der Waals surface area contributed by atoms with Crippen molar-refractivity contribution in [2.45, 2.75) is 17.3 Å². The van der Waals surface area contributed by atoms with Gasteiger partial charge in [-0.2, -0.15) is 5.10 Å². The molecule has 16 heteroatoms. The summed E-state index contributed by atoms with van der Waals surface area (Å²) in [5, 5.41) is 16.5. The van der Waals surface area contributed by atoms with E-state index in [4.69, 9.17) is 28.9 Å². The molecule has 0 saturated heterocycles. The molecular formula is C21H18ClFN6O4S4. The molecule has 2 heterocycles. The van der Waals surface area contributed by atoms with Crippen LogP contribution in [0.5, 0.6) is 0 Å². The maximum absolute atomic E-state index is 13.5. The van der Waals surface area contributed by atoms with Gasteiger partial charge >= 0.3 is 5.97 Å². The van der Waals surface area contributed by atoms with Gasteiger partial charge in [0.05, 0.1) is 29.3 Å². The van der Waals surface area contributed by atoms with Gasteiger partial charge in [0.2, 0.25) is 10.0 Å². The molecule has 0 aliphatic heterocycles. The Morgan fingerprint density at radius 1 is 1.22 bits per heavy atom. The summed E-state index contributed by atoms with van der Waals surface area (Å²) < 4.78 is 43.9. The molecule has 10 nitrogen and oxygen atoms in total. The van der Waals surface area contributed by atoms with Crippen LogP contribution < -0.4 is 10.0 Å². The second-order valence-corrected chi connectivity index (χ2v) is 12.7. The van der Waals surface area contributed by atoms with Crippen LogP contribution in [0.15, 0.2) is 47.1 Å². The monoisotopic (exact) mass is 600 g/mol. The van der Waals surface area contributed by atoms with E-state index in [1.165, 1.54) is 52.3 Å². The molecule has 2 aromatic carbocycles. The van der Waals surface area contributed by atoms with Gasteiger partial charge in [-0.1, -0.05) is 34.7 Å². The lowest BCUT2D eigenvalue weighted by Gasteiger charge is -2.12. The molecule has 0 aliphatic carbocycles. The summed E-state index contributed by atoms with van der Waals surface area (Å²) in [6, 6.07) is 8.95. The zero-order valence-corrected chi connectivity index (χ0v) is 22.7. The van der Waals surface area contributed by atoms with Gasteiger partial charge in [0.25, 0.3) is 0 Å². The third-order valence-electron chi connectivity index (χ3n) is 4.79. The number of aliphatic carboxylic acids is 1. The first-order valence-corrected chi connectivity index (χ1v) is 14.7. The second kappa shape index (κ2) is 11.7. The highest BCUT2D eigenvalue weighted by molar-refractivity contribution is 8.01. The van der Waals surface area contributed by atoms with Crippen LogP contribution in [0, 0.1) is 9.77 Å². The van der Waals surface area contributed by atoms with Crippen LogP contribution >= 0.6 is 46.9 Å². The van der Waals surface area contributed by atoms with E-state index in [2.05, 4.69) is 25.1 Å². The number of carboxylic acids is 1. The summed E-state index contributed by atoms with van der Waals surface area (Å²) in [5.74, 6) is -1.02. The molecule has 0 amide bonds. The van der Waals surface area contributed by atoms with Crippen molar-refractivity contribution in [3.05, 3.63) is 57.5 Å². The van der Waals surface area contributed by atoms with Crippen molar-refractivity contribution in [3.8, 4) is 0 Å². The average molecular weight is 601 g/mol. The lowest BCUT2D eigenvalue weighted by atomic mass is 10.2. The maximum atomic E-state index is 13.5. The summed E-state index contributed by atoms with van der Waals surface area (Å²) in [7, 11) is -3.78. The number of fused-ring (bicyclic) bond motifs is 1. The van der Waals surface area contributed by atoms with E-state index < -0.39 is 21.8 Å². The molecule has 0 spiro atoms. The third-order valence-corrected chi connectivity index (χ3v) is 8.79. The van der Waals surface area contributed by atoms with E-state index in [1.807, 2.05) is 0 Å². The summed E-state index contributed by atoms with van der Waals surface area (Å²) in [6.07, 6.45) is 1.34. The minimum Gasteiger partial charge on any atom is -0.481 e. The minimum absolute atomic E-state index is 0.0129. The number of aryl methyl sites for hydroxylation is 1. The number of thioether (sulfide) groups is 1. The fourth-order valence-electron chi connectivity index (χ4n) is 3.08. The third kappa shape index (κ3) is 7.35. The lowest BCUT2D eigenvalue weighted by Crippen LogP contribution is -2.21. The van der Waals surface area contributed by atoms with Crippen LogP contribution in [0.25, 0.3) is 10.9 Å². The van der Waals surface area contributed by atoms with E-state index >= 15 is 0 Å². The van der Waals surface area contributed by atoms with E-state index in [1.54, 1.807) is 18.2 Å². The summed E-state index contributed by atoms with van der Waals surface area (Å²) in [5.41, 5.74) is 1.36. The van der Waals surface area contributed by atoms with Crippen LogP contribution in [0.1, 0.15) is 6.42 Å². The number of aromatic nitrogens is 4. The fourth-order valence-corrected chi connectivity index (χ4v) is 6.65. The lowest BCUT2D eigenvalue weighted by molar-refractivity contribution is -0.136. The van der Waals surface area contributed by atoms with E-state index in [0.717, 1.165) is 0 Å². The summed E-state index contributed by atoms with van der Waals surface area (Å²) in [6.45, 7) is 0.0268. The Kier molecular flexibility index (Phi) is 8.59. The number of hydrogen-bond acceptors (Lipinski definition) is 10. The summed E-state index contributed by atoms with van der Waals surface area (Å²) >= 11 is 13.6. The van der Waals surface area contributed by atoms with Crippen LogP contribution in [0.3, 0.4) is 0 Å². The van der Waals surface area contributed by atoms with Crippen LogP contribution in [-0.2, 0) is 21.4 Å². The van der Waals surface area contributed by atoms with Gasteiger partial charge in [-0.05, 0) is 48.6 Å². The van der Waals surface area contributed by atoms with Crippen LogP contribution in [-0.4, -0.2) is 50.7 Å². The van der Waals surface area contributed by atoms with Gasteiger partial charge in [0.1, 0.15) is 18.0 Å². The zero-order valence-electron chi connectivity index (χ0n) is 18.7. The molecule has 194 valence electrons. The van der Waals surface area contributed by atoms with Crippen LogP contribution in [0.2, 0.25) is 5.02 Å². The Bertz CT molecular complexity index is 1630. The van der Waals surface area contributed by atoms with Crippen molar-refractivity contribution in [3.63, 3.8) is 0 Å². The fraction of sp³-hybridized carbons (Fsp3) is 0.190. The van der Waals surface area contributed by atoms with Crippen molar-refractivity contribution in [1.29, 1.82) is 0 Å². The van der Waals surface area contributed by atoms with Crippen molar-refractivity contribution in [1.82, 2.24) is 19.7 Å². The van der Waals surface area contributed by atoms with E-state index in [0.29, 0.717) is 42.1 Å². The predicted octanol–water partition coefficient (Wildman–Crippen LogP) is 5.16. The van der Waals surface area contributed by atoms with Crippen molar-refractivity contribution in [2.75, 3.05) is 21.5 Å². The number of sulfonamides is 1. The minimum atomic E-state index is -3.78. The molecule has 2 aromatic heterocycles. The number of nitrogens with zero attached hydrogens (tertiary/aromatic N) is 4. The molecule has 37 heavy (non-hydrogen) atoms. The van der Waals surface area contributed by atoms with Crippen molar-refractivity contribution >= 4 is 91.0 Å². The number of halogens is 2. The number of nitrogens with one attached hydrogen (secondary N) is 2. The second-order valence-electron chi connectivity index (χ2n) is 7.48. The molecule has 0 unspecified atom stereocenters. The molecule has 4 aromatic rings. The molecule has 0 bridgehead atoms. The molecule has 0 saturated carbocycles. The van der Waals surface area contributed by atoms with Crippen molar-refractivity contribution in [2.24, 2.45) is 0 Å². The average Bonchev–Trinajstić information content (AvgIpc) is 3.19. The highest BCUT2D eigenvalue weighted by atomic mass is 35.5. The smallest absolute Gasteiger partial charge is 0.304 e. The normalized spacial score (nSPS) is 11.5. The molecule has 0 aliphatic rings. The first kappa shape index (κ1) is 27.2. The van der Waals surface area contributed by atoms with E-state index in [-0.39, 0.29) is 23.7 Å². The Hall–Kier alpha value is -2.85. The number of carboxylic acid groups (broad SMARTS) is 1. The quantitative estimate of drug-likeness (QED) is 0.156. The molecule has 0 radical (unpaired) electrons. The molecule has 4 rings (SSSR count). The molecule has 0 atom stereocenters. The number of hydrogen-bond donors (Lipinski definition) is 3. The van der Waals surface area contributed by atoms with Gasteiger partial charge in [0.15, 0.2) is 8.29 Å². The van der Waals surface area contributed by atoms with Gasteiger partial charge in [0, 0.05) is 22.5 Å². The van der Waals surface area contributed by atoms with Gasteiger partial charge < -0.3 is 10.4 Å².